The van der Waals surface area contributed by atoms with Crippen LogP contribution in [0.3, 0.4) is 0 Å². The molecule has 0 aromatic heterocycles. The van der Waals surface area contributed by atoms with Crippen molar-refractivity contribution in [1.29, 1.82) is 0 Å². The third-order valence-electron chi connectivity index (χ3n) is 2.19. The summed E-state index contributed by atoms with van der Waals surface area (Å²) >= 11 is 14.5. The summed E-state index contributed by atoms with van der Waals surface area (Å²) in [6.07, 6.45) is 0. The lowest BCUT2D eigenvalue weighted by Crippen LogP contribution is -1.88. The number of hydrogen-bond donors (Lipinski definition) is 0. The van der Waals surface area contributed by atoms with E-state index in [2.05, 4.69) is 79.3 Å². The van der Waals surface area contributed by atoms with Crippen molar-refractivity contribution in [1.82, 2.24) is 0 Å². The Kier molecular flexibility index (Phi) is 4.54. The molecular formula is C12H6BrClI2. The maximum atomic E-state index is 6.35. The van der Waals surface area contributed by atoms with Gasteiger partial charge in [0.15, 0.2) is 0 Å². The van der Waals surface area contributed by atoms with Crippen LogP contribution in [0, 0.1) is 7.14 Å². The fourth-order valence-electron chi connectivity index (χ4n) is 1.44. The van der Waals surface area contributed by atoms with Crippen LogP contribution < -0.4 is 0 Å². The van der Waals surface area contributed by atoms with Crippen LogP contribution in [0.4, 0.5) is 0 Å². The molecule has 0 bridgehead atoms. The topological polar surface area (TPSA) is 0 Å². The molecule has 0 spiro atoms. The molecule has 0 fully saturated rings. The molecule has 0 unspecified atom stereocenters. The fourth-order valence-corrected chi connectivity index (χ4v) is 3.59. The summed E-state index contributed by atoms with van der Waals surface area (Å²) in [5.74, 6) is 0. The van der Waals surface area contributed by atoms with Crippen LogP contribution in [0.15, 0.2) is 40.9 Å². The molecule has 2 aromatic rings. The second-order valence-electron chi connectivity index (χ2n) is 3.20. The highest BCUT2D eigenvalue weighted by atomic mass is 127. The Bertz CT molecular complexity index is 541. The van der Waals surface area contributed by atoms with Crippen LogP contribution in [0.25, 0.3) is 11.1 Å². The van der Waals surface area contributed by atoms with E-state index >= 15 is 0 Å². The van der Waals surface area contributed by atoms with Gasteiger partial charge in [-0.25, -0.2) is 0 Å². The van der Waals surface area contributed by atoms with Gasteiger partial charge in [0.05, 0.1) is 5.02 Å². The van der Waals surface area contributed by atoms with Crippen molar-refractivity contribution in [2.45, 2.75) is 0 Å². The van der Waals surface area contributed by atoms with Gasteiger partial charge >= 0.3 is 0 Å². The molecule has 2 aromatic carbocycles. The van der Waals surface area contributed by atoms with Crippen molar-refractivity contribution < 1.29 is 0 Å². The number of rotatable bonds is 1. The predicted octanol–water partition coefficient (Wildman–Crippen LogP) is 5.98. The first-order valence-corrected chi connectivity index (χ1v) is 7.82. The predicted molar refractivity (Wildman–Crippen MR) is 90.0 cm³/mol. The van der Waals surface area contributed by atoms with Gasteiger partial charge in [0.1, 0.15) is 0 Å². The van der Waals surface area contributed by atoms with Crippen molar-refractivity contribution in [3.8, 4) is 11.1 Å². The molecule has 0 radical (unpaired) electrons. The lowest BCUT2D eigenvalue weighted by atomic mass is 10.1. The van der Waals surface area contributed by atoms with E-state index in [9.17, 15) is 0 Å². The first-order chi connectivity index (χ1) is 7.61. The van der Waals surface area contributed by atoms with Crippen LogP contribution in [-0.2, 0) is 0 Å². The summed E-state index contributed by atoms with van der Waals surface area (Å²) in [6.45, 7) is 0. The summed E-state index contributed by atoms with van der Waals surface area (Å²) in [7, 11) is 0. The molecular weight excluding hydrogens is 513 g/mol. The molecule has 0 atom stereocenters. The maximum absolute atomic E-state index is 6.35. The van der Waals surface area contributed by atoms with Gasteiger partial charge in [0, 0.05) is 17.2 Å². The van der Waals surface area contributed by atoms with Gasteiger partial charge in [-0.05, 0) is 84.9 Å². The van der Waals surface area contributed by atoms with Crippen molar-refractivity contribution in [2.75, 3.05) is 0 Å². The zero-order chi connectivity index (χ0) is 11.7. The first-order valence-electron chi connectivity index (χ1n) is 4.49. The highest BCUT2D eigenvalue weighted by molar-refractivity contribution is 14.1. The number of halogens is 4. The van der Waals surface area contributed by atoms with Crippen LogP contribution >= 0.6 is 72.7 Å². The fraction of sp³-hybridized carbons (Fsp3) is 0. The Morgan fingerprint density at radius 1 is 0.938 bits per heavy atom. The average Bonchev–Trinajstić information content (AvgIpc) is 2.27. The van der Waals surface area contributed by atoms with Gasteiger partial charge in [-0.1, -0.05) is 29.8 Å². The second kappa shape index (κ2) is 5.54. The van der Waals surface area contributed by atoms with E-state index < -0.39 is 0 Å². The summed E-state index contributed by atoms with van der Waals surface area (Å²) in [5.41, 5.74) is 2.28. The molecule has 0 aliphatic carbocycles. The standard InChI is InChI=1S/C12H6BrClI2/c13-8-5-6-10(16)11(12(8)14)7-3-1-2-4-9(7)15/h1-6H. The SMILES string of the molecule is Clc1c(Br)ccc(I)c1-c1ccccc1I. The minimum Gasteiger partial charge on any atom is -0.0824 e. The highest BCUT2D eigenvalue weighted by Gasteiger charge is 2.12. The van der Waals surface area contributed by atoms with Crippen molar-refractivity contribution >= 4 is 72.7 Å². The molecule has 0 amide bonds. The van der Waals surface area contributed by atoms with Crippen LogP contribution in [-0.4, -0.2) is 0 Å². The summed E-state index contributed by atoms with van der Waals surface area (Å²) in [6, 6.07) is 12.3. The Hall–Kier alpha value is 0.670. The number of benzene rings is 2. The molecule has 0 N–H and O–H groups in total. The smallest absolute Gasteiger partial charge is 0.0637 e. The largest absolute Gasteiger partial charge is 0.0824 e. The van der Waals surface area contributed by atoms with Gasteiger partial charge in [-0.2, -0.15) is 0 Å². The van der Waals surface area contributed by atoms with Crippen molar-refractivity contribution in [2.24, 2.45) is 0 Å². The molecule has 0 aliphatic heterocycles. The van der Waals surface area contributed by atoms with Gasteiger partial charge < -0.3 is 0 Å². The third-order valence-corrected chi connectivity index (χ3v) is 5.31. The van der Waals surface area contributed by atoms with Crippen molar-refractivity contribution in [3.63, 3.8) is 0 Å². The Morgan fingerprint density at radius 3 is 2.31 bits per heavy atom. The highest BCUT2D eigenvalue weighted by Crippen LogP contribution is 2.38. The van der Waals surface area contributed by atoms with E-state index in [4.69, 9.17) is 11.6 Å². The van der Waals surface area contributed by atoms with Gasteiger partial charge in [0.25, 0.3) is 0 Å². The van der Waals surface area contributed by atoms with E-state index in [1.807, 2.05) is 18.2 Å². The van der Waals surface area contributed by atoms with Crippen LogP contribution in [0.5, 0.6) is 0 Å². The van der Waals surface area contributed by atoms with Crippen LogP contribution in [0.2, 0.25) is 5.02 Å². The molecule has 0 nitrogen and oxygen atoms in total. The van der Waals surface area contributed by atoms with E-state index in [1.165, 1.54) is 9.13 Å². The van der Waals surface area contributed by atoms with Gasteiger partial charge in [0.2, 0.25) is 0 Å². The minimum atomic E-state index is 0.774. The minimum absolute atomic E-state index is 0.774. The monoisotopic (exact) mass is 518 g/mol. The zero-order valence-electron chi connectivity index (χ0n) is 7.98. The van der Waals surface area contributed by atoms with Gasteiger partial charge in [-0.15, -0.1) is 0 Å². The molecule has 0 heterocycles. The second-order valence-corrected chi connectivity index (χ2v) is 6.75. The normalized spacial score (nSPS) is 10.5. The molecule has 0 saturated heterocycles. The quantitative estimate of drug-likeness (QED) is 0.322. The molecule has 4 heteroatoms. The lowest BCUT2D eigenvalue weighted by Gasteiger charge is -2.10. The zero-order valence-corrected chi connectivity index (χ0v) is 14.6. The molecule has 0 saturated carbocycles. The van der Waals surface area contributed by atoms with Gasteiger partial charge in [-0.3, -0.25) is 0 Å². The lowest BCUT2D eigenvalue weighted by molar-refractivity contribution is 1.53. The van der Waals surface area contributed by atoms with E-state index in [1.54, 1.807) is 0 Å². The Morgan fingerprint density at radius 2 is 1.62 bits per heavy atom. The molecule has 2 rings (SSSR count). The van der Waals surface area contributed by atoms with Crippen molar-refractivity contribution in [3.05, 3.63) is 53.0 Å². The first kappa shape index (κ1) is 13.1. The van der Waals surface area contributed by atoms with E-state index in [0.717, 1.165) is 18.6 Å². The molecule has 16 heavy (non-hydrogen) atoms. The van der Waals surface area contributed by atoms with E-state index in [0.29, 0.717) is 0 Å². The summed E-state index contributed by atoms with van der Waals surface area (Å²) < 4.78 is 3.30. The number of hydrogen-bond acceptors (Lipinski definition) is 0. The van der Waals surface area contributed by atoms with E-state index in [-0.39, 0.29) is 0 Å². The molecule has 82 valence electrons. The Labute approximate surface area is 135 Å². The summed E-state index contributed by atoms with van der Waals surface area (Å²) in [5, 5.41) is 0.774. The Balaban J connectivity index is 2.74. The average molecular weight is 519 g/mol. The third kappa shape index (κ3) is 2.57. The summed E-state index contributed by atoms with van der Waals surface area (Å²) in [4.78, 5) is 0. The molecule has 0 aliphatic rings. The maximum Gasteiger partial charge on any atom is 0.0637 e. The van der Waals surface area contributed by atoms with Crippen LogP contribution in [0.1, 0.15) is 0 Å².